The first kappa shape index (κ1) is 23.2. The number of aryl methyl sites for hydroxylation is 1. The molecule has 0 unspecified atom stereocenters. The van der Waals surface area contributed by atoms with Crippen LogP contribution in [0.2, 0.25) is 0 Å². The van der Waals surface area contributed by atoms with Crippen molar-refractivity contribution in [1.29, 1.82) is 0 Å². The Bertz CT molecular complexity index is 1270. The molecule has 0 radical (unpaired) electrons. The predicted molar refractivity (Wildman–Crippen MR) is 130 cm³/mol. The standard InChI is InChI=1S/C24H28N4O4S2/c1-2-16-6-3-4-9-20(16)25-23(29)17-10-12-28(13-11-17)34(30,31)21-14-19(15-33-21)22-26-24(32-27-22)18-7-5-8-18/h3-4,6,9,14-15,17-18H,2,5,7-8,10-13H2,1H3,(H,25,29). The Morgan fingerprint density at radius 1 is 1.21 bits per heavy atom. The van der Waals surface area contributed by atoms with E-state index in [1.165, 1.54) is 10.7 Å². The number of nitrogens with zero attached hydrogens (tertiary/aromatic N) is 3. The van der Waals surface area contributed by atoms with Gasteiger partial charge in [0.2, 0.25) is 17.6 Å². The smallest absolute Gasteiger partial charge is 0.252 e. The van der Waals surface area contributed by atoms with E-state index < -0.39 is 10.0 Å². The van der Waals surface area contributed by atoms with E-state index in [1.807, 2.05) is 24.3 Å². The summed E-state index contributed by atoms with van der Waals surface area (Å²) in [5.41, 5.74) is 2.57. The van der Waals surface area contributed by atoms with Gasteiger partial charge >= 0.3 is 0 Å². The molecule has 0 bridgehead atoms. The van der Waals surface area contributed by atoms with Crippen LogP contribution >= 0.6 is 11.3 Å². The summed E-state index contributed by atoms with van der Waals surface area (Å²) < 4.78 is 33.6. The molecule has 1 aliphatic heterocycles. The van der Waals surface area contributed by atoms with Gasteiger partial charge in [-0.2, -0.15) is 9.29 Å². The number of thiophene rings is 1. The third-order valence-corrected chi connectivity index (χ3v) is 10.1. The number of amides is 1. The Morgan fingerprint density at radius 3 is 2.68 bits per heavy atom. The number of carbonyl (C=O) groups is 1. The fourth-order valence-electron chi connectivity index (χ4n) is 4.41. The molecule has 8 nitrogen and oxygen atoms in total. The lowest BCUT2D eigenvalue weighted by Gasteiger charge is -2.30. The van der Waals surface area contributed by atoms with Gasteiger partial charge in [0.15, 0.2) is 0 Å². The number of carbonyl (C=O) groups excluding carboxylic acids is 1. The molecule has 1 aromatic carbocycles. The second-order valence-corrected chi connectivity index (χ2v) is 12.0. The second kappa shape index (κ2) is 9.59. The molecule has 3 heterocycles. The van der Waals surface area contributed by atoms with Crippen LogP contribution < -0.4 is 5.32 Å². The molecule has 0 spiro atoms. The van der Waals surface area contributed by atoms with Gasteiger partial charge < -0.3 is 9.84 Å². The minimum absolute atomic E-state index is 0.0456. The highest BCUT2D eigenvalue weighted by molar-refractivity contribution is 7.91. The molecule has 1 N–H and O–H groups in total. The molecule has 180 valence electrons. The monoisotopic (exact) mass is 500 g/mol. The molecule has 1 aliphatic carbocycles. The molecule has 34 heavy (non-hydrogen) atoms. The van der Waals surface area contributed by atoms with Crippen molar-refractivity contribution < 1.29 is 17.7 Å². The van der Waals surface area contributed by atoms with E-state index in [-0.39, 0.29) is 16.0 Å². The van der Waals surface area contributed by atoms with E-state index in [0.717, 1.165) is 41.9 Å². The van der Waals surface area contributed by atoms with E-state index in [9.17, 15) is 13.2 Å². The first-order chi connectivity index (χ1) is 16.5. The maximum Gasteiger partial charge on any atom is 0.252 e. The number of hydrogen-bond donors (Lipinski definition) is 1. The van der Waals surface area contributed by atoms with Crippen LogP contribution in [-0.2, 0) is 21.2 Å². The van der Waals surface area contributed by atoms with Gasteiger partial charge in [0.25, 0.3) is 10.0 Å². The Balaban J connectivity index is 1.21. The van der Waals surface area contributed by atoms with E-state index in [0.29, 0.717) is 49.1 Å². The van der Waals surface area contributed by atoms with Crippen molar-refractivity contribution in [2.24, 2.45) is 5.92 Å². The Morgan fingerprint density at radius 2 is 1.97 bits per heavy atom. The number of benzene rings is 1. The number of anilines is 1. The van der Waals surface area contributed by atoms with Gasteiger partial charge in [-0.05, 0) is 49.8 Å². The van der Waals surface area contributed by atoms with Gasteiger partial charge in [-0.15, -0.1) is 11.3 Å². The molecule has 1 amide bonds. The molecule has 5 rings (SSSR count). The van der Waals surface area contributed by atoms with Crippen molar-refractivity contribution in [1.82, 2.24) is 14.4 Å². The van der Waals surface area contributed by atoms with Crippen molar-refractivity contribution in [2.45, 2.75) is 55.6 Å². The molecule has 2 fully saturated rings. The van der Waals surface area contributed by atoms with Crippen LogP contribution in [0.5, 0.6) is 0 Å². The summed E-state index contributed by atoms with van der Waals surface area (Å²) in [6.45, 7) is 2.69. The SMILES string of the molecule is CCc1ccccc1NC(=O)C1CCN(S(=O)(=O)c2cc(-c3noc(C4CCC4)n3)cs2)CC1. The molecule has 1 saturated heterocycles. The fourth-order valence-corrected chi connectivity index (χ4v) is 7.19. The largest absolute Gasteiger partial charge is 0.339 e. The zero-order valence-corrected chi connectivity index (χ0v) is 20.7. The van der Waals surface area contributed by atoms with Crippen LogP contribution in [0, 0.1) is 5.92 Å². The third-order valence-electron chi connectivity index (χ3n) is 6.80. The van der Waals surface area contributed by atoms with Gasteiger partial charge in [-0.1, -0.05) is 36.7 Å². The lowest BCUT2D eigenvalue weighted by molar-refractivity contribution is -0.120. The molecule has 2 aromatic heterocycles. The average Bonchev–Trinajstić information content (AvgIpc) is 3.49. The summed E-state index contributed by atoms with van der Waals surface area (Å²) in [6, 6.07) is 9.39. The minimum Gasteiger partial charge on any atom is -0.339 e. The maximum absolute atomic E-state index is 13.2. The number of nitrogens with one attached hydrogen (secondary N) is 1. The number of rotatable bonds is 7. The summed E-state index contributed by atoms with van der Waals surface area (Å²) in [7, 11) is -3.64. The van der Waals surface area contributed by atoms with Gasteiger partial charge in [-0.3, -0.25) is 4.79 Å². The van der Waals surface area contributed by atoms with Gasteiger partial charge in [0.1, 0.15) is 4.21 Å². The fraction of sp³-hybridized carbons (Fsp3) is 0.458. The molecule has 3 aromatic rings. The molecule has 2 aliphatic rings. The van der Waals surface area contributed by atoms with Crippen molar-refractivity contribution in [2.75, 3.05) is 18.4 Å². The van der Waals surface area contributed by atoms with Crippen LogP contribution in [-0.4, -0.2) is 41.9 Å². The lowest BCUT2D eigenvalue weighted by Crippen LogP contribution is -2.41. The summed E-state index contributed by atoms with van der Waals surface area (Å²) in [4.78, 5) is 17.3. The molecular formula is C24H28N4O4S2. The van der Waals surface area contributed by atoms with E-state index in [4.69, 9.17) is 4.52 Å². The van der Waals surface area contributed by atoms with Crippen molar-refractivity contribution in [3.63, 3.8) is 0 Å². The zero-order valence-electron chi connectivity index (χ0n) is 19.1. The average molecular weight is 501 g/mol. The zero-order chi connectivity index (χ0) is 23.7. The normalized spacial score (nSPS) is 18.0. The van der Waals surface area contributed by atoms with E-state index in [1.54, 1.807) is 11.4 Å². The first-order valence-electron chi connectivity index (χ1n) is 11.8. The quantitative estimate of drug-likeness (QED) is 0.506. The molecule has 0 atom stereocenters. The van der Waals surface area contributed by atoms with Crippen LogP contribution in [0.25, 0.3) is 11.4 Å². The Kier molecular flexibility index (Phi) is 6.54. The van der Waals surface area contributed by atoms with Crippen molar-refractivity contribution >= 4 is 33.0 Å². The highest BCUT2D eigenvalue weighted by Gasteiger charge is 2.33. The van der Waals surface area contributed by atoms with Crippen molar-refractivity contribution in [3.8, 4) is 11.4 Å². The van der Waals surface area contributed by atoms with Crippen LogP contribution in [0.3, 0.4) is 0 Å². The summed E-state index contributed by atoms with van der Waals surface area (Å²) >= 11 is 1.16. The van der Waals surface area contributed by atoms with E-state index in [2.05, 4.69) is 22.4 Å². The van der Waals surface area contributed by atoms with Crippen LogP contribution in [0.15, 0.2) is 44.4 Å². The van der Waals surface area contributed by atoms with Gasteiger partial charge in [0.05, 0.1) is 0 Å². The number of sulfonamides is 1. The predicted octanol–water partition coefficient (Wildman–Crippen LogP) is 4.67. The minimum atomic E-state index is -3.64. The third kappa shape index (κ3) is 4.54. The highest BCUT2D eigenvalue weighted by atomic mass is 32.2. The summed E-state index contributed by atoms with van der Waals surface area (Å²) in [5, 5.41) is 8.83. The van der Waals surface area contributed by atoms with Crippen LogP contribution in [0.4, 0.5) is 5.69 Å². The van der Waals surface area contributed by atoms with Gasteiger partial charge in [-0.25, -0.2) is 8.42 Å². The van der Waals surface area contributed by atoms with Crippen molar-refractivity contribution in [3.05, 3.63) is 47.2 Å². The number of piperidine rings is 1. The lowest BCUT2D eigenvalue weighted by atomic mass is 9.85. The summed E-state index contributed by atoms with van der Waals surface area (Å²) in [6.07, 6.45) is 5.11. The first-order valence-corrected chi connectivity index (χ1v) is 14.1. The number of para-hydroxylation sites is 1. The van der Waals surface area contributed by atoms with E-state index >= 15 is 0 Å². The topological polar surface area (TPSA) is 105 Å². The Labute approximate surface area is 203 Å². The van der Waals surface area contributed by atoms with Crippen LogP contribution in [0.1, 0.15) is 56.4 Å². The summed E-state index contributed by atoms with van der Waals surface area (Å²) in [5.74, 6) is 1.15. The number of aromatic nitrogens is 2. The Hall–Kier alpha value is -2.56. The molecule has 1 saturated carbocycles. The van der Waals surface area contributed by atoms with Gasteiger partial charge in [0, 0.05) is 41.6 Å². The highest BCUT2D eigenvalue weighted by Crippen LogP contribution is 2.37. The molecular weight excluding hydrogens is 472 g/mol. The maximum atomic E-state index is 13.2. The molecule has 10 heteroatoms. The number of hydrogen-bond acceptors (Lipinski definition) is 7. The second-order valence-electron chi connectivity index (χ2n) is 8.92.